The fourth-order valence-corrected chi connectivity index (χ4v) is 2.12. The fourth-order valence-electron chi connectivity index (χ4n) is 2.12. The zero-order valence-corrected chi connectivity index (χ0v) is 12.3. The maximum atomic E-state index is 10.6. The molecule has 3 heterocycles. The van der Waals surface area contributed by atoms with Gasteiger partial charge in [-0.05, 0) is 36.2 Å². The molecule has 0 aliphatic carbocycles. The lowest BCUT2D eigenvalue weighted by Crippen LogP contribution is -2.21. The minimum Gasteiger partial charge on any atom is -0.475 e. The van der Waals surface area contributed by atoms with Crippen LogP contribution >= 0.6 is 0 Å². The number of pyridine rings is 1. The molecule has 2 N–H and O–H groups in total. The van der Waals surface area contributed by atoms with Crippen molar-refractivity contribution in [2.45, 2.75) is 12.6 Å². The molecule has 1 aliphatic heterocycles. The second-order valence-electron chi connectivity index (χ2n) is 4.90. The summed E-state index contributed by atoms with van der Waals surface area (Å²) in [5.74, 6) is -2.76. The first-order valence-electron chi connectivity index (χ1n) is 6.90. The lowest BCUT2D eigenvalue weighted by Gasteiger charge is -2.14. The van der Waals surface area contributed by atoms with Crippen molar-refractivity contribution in [3.63, 3.8) is 0 Å². The van der Waals surface area contributed by atoms with Gasteiger partial charge in [0.2, 0.25) is 0 Å². The van der Waals surface area contributed by atoms with Crippen molar-refractivity contribution < 1.29 is 23.1 Å². The van der Waals surface area contributed by atoms with Gasteiger partial charge < -0.3 is 10.4 Å². The Morgan fingerprint density at radius 1 is 1.42 bits per heavy atom. The van der Waals surface area contributed by atoms with Gasteiger partial charge in [0, 0.05) is 12.7 Å². The van der Waals surface area contributed by atoms with Gasteiger partial charge in [-0.3, -0.25) is 4.40 Å². The van der Waals surface area contributed by atoms with E-state index in [2.05, 4.69) is 28.5 Å². The molecular formula is C15H13F3N4O2. The van der Waals surface area contributed by atoms with E-state index < -0.39 is 12.1 Å². The number of alkyl halides is 3. The number of carbonyl (C=O) groups is 1. The van der Waals surface area contributed by atoms with E-state index in [1.165, 1.54) is 5.57 Å². The molecule has 1 aliphatic rings. The lowest BCUT2D eigenvalue weighted by molar-refractivity contribution is -0.192. The zero-order chi connectivity index (χ0) is 17.7. The summed E-state index contributed by atoms with van der Waals surface area (Å²) in [4.78, 5) is 13.1. The maximum absolute atomic E-state index is 10.6. The van der Waals surface area contributed by atoms with E-state index in [0.29, 0.717) is 5.69 Å². The highest BCUT2D eigenvalue weighted by molar-refractivity contribution is 5.73. The standard InChI is InChI=1S/C13H12N4.C2HF3O2/c14-6-12-8-16-13-4-3-11(9-17(12)13)10-2-1-5-15-7-10;3-2(4,5)1(6)7/h2-4,8-9,15H,1,5,7H2;(H,6,7). The Bertz CT molecular complexity index is 818. The summed E-state index contributed by atoms with van der Waals surface area (Å²) in [6.45, 7) is 1.93. The summed E-state index contributed by atoms with van der Waals surface area (Å²) in [7, 11) is 0. The monoisotopic (exact) mass is 338 g/mol. The van der Waals surface area contributed by atoms with Crippen LogP contribution in [0.2, 0.25) is 0 Å². The fraction of sp³-hybridized carbons (Fsp3) is 0.267. The molecule has 2 aromatic rings. The quantitative estimate of drug-likeness (QED) is 0.832. The molecular weight excluding hydrogens is 325 g/mol. The Hall–Kier alpha value is -2.86. The van der Waals surface area contributed by atoms with E-state index in [1.807, 2.05) is 16.7 Å². The molecule has 0 saturated carbocycles. The van der Waals surface area contributed by atoms with Gasteiger partial charge in [-0.2, -0.15) is 18.4 Å². The Labute approximate surface area is 134 Å². The predicted molar refractivity (Wildman–Crippen MR) is 79.1 cm³/mol. The minimum absolute atomic E-state index is 0.575. The molecule has 3 rings (SSSR count). The van der Waals surface area contributed by atoms with Crippen LogP contribution in [-0.4, -0.2) is 39.7 Å². The van der Waals surface area contributed by atoms with Crippen LogP contribution in [0.4, 0.5) is 13.2 Å². The molecule has 0 fully saturated rings. The number of imidazole rings is 1. The highest BCUT2D eigenvalue weighted by atomic mass is 19.4. The highest BCUT2D eigenvalue weighted by Crippen LogP contribution is 2.18. The van der Waals surface area contributed by atoms with Crippen molar-refractivity contribution >= 4 is 17.2 Å². The van der Waals surface area contributed by atoms with Gasteiger partial charge in [-0.15, -0.1) is 0 Å². The van der Waals surface area contributed by atoms with Crippen LogP contribution in [0.5, 0.6) is 0 Å². The summed E-state index contributed by atoms with van der Waals surface area (Å²) >= 11 is 0. The van der Waals surface area contributed by atoms with E-state index in [1.54, 1.807) is 6.20 Å². The Morgan fingerprint density at radius 3 is 2.67 bits per heavy atom. The average Bonchev–Trinajstić information content (AvgIpc) is 2.97. The molecule has 0 bridgehead atoms. The van der Waals surface area contributed by atoms with Crippen molar-refractivity contribution in [3.8, 4) is 6.07 Å². The van der Waals surface area contributed by atoms with Crippen molar-refractivity contribution in [3.05, 3.63) is 41.9 Å². The number of nitrogens with one attached hydrogen (secondary N) is 1. The van der Waals surface area contributed by atoms with Crippen LogP contribution in [0, 0.1) is 11.3 Å². The molecule has 126 valence electrons. The number of aliphatic carboxylic acids is 1. The van der Waals surface area contributed by atoms with Crippen LogP contribution < -0.4 is 5.32 Å². The van der Waals surface area contributed by atoms with E-state index in [0.717, 1.165) is 30.7 Å². The Balaban J connectivity index is 0.000000256. The van der Waals surface area contributed by atoms with Gasteiger partial charge >= 0.3 is 12.1 Å². The number of halogens is 3. The largest absolute Gasteiger partial charge is 0.490 e. The summed E-state index contributed by atoms with van der Waals surface area (Å²) in [5.41, 5.74) is 3.83. The number of hydrogen-bond acceptors (Lipinski definition) is 4. The van der Waals surface area contributed by atoms with Crippen molar-refractivity contribution in [1.82, 2.24) is 14.7 Å². The third-order valence-corrected chi connectivity index (χ3v) is 3.26. The predicted octanol–water partition coefficient (Wildman–Crippen LogP) is 2.22. The van der Waals surface area contributed by atoms with Crippen LogP contribution in [0.15, 0.2) is 30.6 Å². The second-order valence-corrected chi connectivity index (χ2v) is 4.90. The zero-order valence-electron chi connectivity index (χ0n) is 12.3. The number of rotatable bonds is 1. The molecule has 0 radical (unpaired) electrons. The topological polar surface area (TPSA) is 90.4 Å². The summed E-state index contributed by atoms with van der Waals surface area (Å²) in [6.07, 6.45) is 1.81. The van der Waals surface area contributed by atoms with Crippen LogP contribution in [-0.2, 0) is 4.79 Å². The molecule has 0 amide bonds. The van der Waals surface area contributed by atoms with Gasteiger partial charge in [0.1, 0.15) is 17.4 Å². The minimum atomic E-state index is -5.08. The van der Waals surface area contributed by atoms with E-state index in [-0.39, 0.29) is 0 Å². The number of fused-ring (bicyclic) bond motifs is 1. The molecule has 0 spiro atoms. The molecule has 0 unspecified atom stereocenters. The number of aromatic nitrogens is 2. The van der Waals surface area contributed by atoms with Gasteiger partial charge in [0.05, 0.1) is 6.20 Å². The molecule has 2 aromatic heterocycles. The molecule has 0 aromatic carbocycles. The van der Waals surface area contributed by atoms with Crippen LogP contribution in [0.1, 0.15) is 17.7 Å². The number of carboxylic acids is 1. The molecule has 0 saturated heterocycles. The third kappa shape index (κ3) is 4.11. The van der Waals surface area contributed by atoms with Crippen molar-refractivity contribution in [2.24, 2.45) is 0 Å². The van der Waals surface area contributed by atoms with Gasteiger partial charge in [-0.1, -0.05) is 6.08 Å². The first-order chi connectivity index (χ1) is 11.3. The highest BCUT2D eigenvalue weighted by Gasteiger charge is 2.38. The lowest BCUT2D eigenvalue weighted by atomic mass is 10.0. The van der Waals surface area contributed by atoms with Gasteiger partial charge in [0.15, 0.2) is 0 Å². The Morgan fingerprint density at radius 2 is 2.12 bits per heavy atom. The van der Waals surface area contributed by atoms with Crippen molar-refractivity contribution in [1.29, 1.82) is 5.26 Å². The Kier molecular flexibility index (Phi) is 5.21. The van der Waals surface area contributed by atoms with Crippen LogP contribution in [0.25, 0.3) is 11.2 Å². The van der Waals surface area contributed by atoms with Gasteiger partial charge in [-0.25, -0.2) is 9.78 Å². The van der Waals surface area contributed by atoms with E-state index >= 15 is 0 Å². The first-order valence-corrected chi connectivity index (χ1v) is 6.90. The molecule has 9 heteroatoms. The van der Waals surface area contributed by atoms with Crippen LogP contribution in [0.3, 0.4) is 0 Å². The molecule has 24 heavy (non-hydrogen) atoms. The van der Waals surface area contributed by atoms with Gasteiger partial charge in [0.25, 0.3) is 0 Å². The number of nitriles is 1. The van der Waals surface area contributed by atoms with Crippen molar-refractivity contribution in [2.75, 3.05) is 13.1 Å². The maximum Gasteiger partial charge on any atom is 0.490 e. The molecule has 6 nitrogen and oxygen atoms in total. The molecule has 0 atom stereocenters. The average molecular weight is 338 g/mol. The summed E-state index contributed by atoms with van der Waals surface area (Å²) < 4.78 is 33.6. The first kappa shape index (κ1) is 17.5. The SMILES string of the molecule is N#Cc1cnc2ccc(C3=CCCNC3)cn12.O=C(O)C(F)(F)F. The smallest absolute Gasteiger partial charge is 0.475 e. The van der Waals surface area contributed by atoms with E-state index in [4.69, 9.17) is 15.2 Å². The number of hydrogen-bond donors (Lipinski definition) is 2. The second kappa shape index (κ2) is 7.14. The third-order valence-electron chi connectivity index (χ3n) is 3.26. The normalized spacial score (nSPS) is 14.3. The number of nitrogens with zero attached hydrogens (tertiary/aromatic N) is 3. The number of carboxylic acid groups (broad SMARTS) is 1. The van der Waals surface area contributed by atoms with E-state index in [9.17, 15) is 13.2 Å². The summed E-state index contributed by atoms with van der Waals surface area (Å²) in [5, 5.41) is 19.5. The summed E-state index contributed by atoms with van der Waals surface area (Å²) in [6, 6.07) is 6.15.